The molecule has 1 aliphatic rings. The number of methoxy groups -OCH3 is 1. The Morgan fingerprint density at radius 2 is 2.19 bits per heavy atom. The molecule has 0 aromatic heterocycles. The standard InChI is InChI=1S/C14H22N2O4S/c1-5-6-7-10-12(17)16(14(19)15(10)2)11(8-9-21-4)13(18)20-3/h5,10-11H,1,6-9H2,2-4H3/t10?,11-/m0/s1. The van der Waals surface area contributed by atoms with Crippen molar-refractivity contribution in [3.8, 4) is 0 Å². The van der Waals surface area contributed by atoms with Crippen molar-refractivity contribution in [3.63, 3.8) is 0 Å². The second kappa shape index (κ2) is 8.07. The molecule has 1 unspecified atom stereocenters. The number of carbonyl (C=O) groups is 3. The van der Waals surface area contributed by atoms with E-state index < -0.39 is 24.1 Å². The number of amides is 3. The molecule has 1 heterocycles. The summed E-state index contributed by atoms with van der Waals surface area (Å²) >= 11 is 1.55. The van der Waals surface area contributed by atoms with Gasteiger partial charge in [-0.2, -0.15) is 11.8 Å². The van der Waals surface area contributed by atoms with Crippen LogP contribution in [0.5, 0.6) is 0 Å². The molecule has 3 amide bonds. The van der Waals surface area contributed by atoms with Gasteiger partial charge in [-0.05, 0) is 31.3 Å². The molecule has 1 fully saturated rings. The SMILES string of the molecule is C=CCCC1C(=O)N([C@@H](CCSC)C(=O)OC)C(=O)N1C. The van der Waals surface area contributed by atoms with Crippen LogP contribution >= 0.6 is 11.8 Å². The summed E-state index contributed by atoms with van der Waals surface area (Å²) in [6.07, 6.45) is 5.15. The van der Waals surface area contributed by atoms with Crippen LogP contribution in [0.3, 0.4) is 0 Å². The summed E-state index contributed by atoms with van der Waals surface area (Å²) < 4.78 is 4.74. The van der Waals surface area contributed by atoms with Gasteiger partial charge in [0.25, 0.3) is 5.91 Å². The molecule has 21 heavy (non-hydrogen) atoms. The highest BCUT2D eigenvalue weighted by Crippen LogP contribution is 2.24. The smallest absolute Gasteiger partial charge is 0.329 e. The van der Waals surface area contributed by atoms with E-state index in [0.717, 1.165) is 4.90 Å². The number of rotatable bonds is 8. The molecule has 0 aromatic carbocycles. The van der Waals surface area contributed by atoms with Crippen LogP contribution in [0.15, 0.2) is 12.7 Å². The zero-order valence-corrected chi connectivity index (χ0v) is 13.5. The summed E-state index contributed by atoms with van der Waals surface area (Å²) in [5.74, 6) is -0.220. The van der Waals surface area contributed by atoms with E-state index in [1.165, 1.54) is 12.0 Å². The molecule has 6 nitrogen and oxygen atoms in total. The Hall–Kier alpha value is -1.50. The highest BCUT2D eigenvalue weighted by molar-refractivity contribution is 7.98. The number of likely N-dealkylation sites (N-methyl/N-ethyl adjacent to an activating group) is 1. The van der Waals surface area contributed by atoms with Gasteiger partial charge in [0.05, 0.1) is 7.11 Å². The minimum atomic E-state index is -0.848. The van der Waals surface area contributed by atoms with Crippen molar-refractivity contribution in [2.75, 3.05) is 26.2 Å². The Morgan fingerprint density at radius 3 is 2.71 bits per heavy atom. The zero-order chi connectivity index (χ0) is 16.0. The molecular formula is C14H22N2O4S. The van der Waals surface area contributed by atoms with Crippen molar-refractivity contribution in [1.29, 1.82) is 0 Å². The number of carbonyl (C=O) groups excluding carboxylic acids is 3. The molecule has 1 rings (SSSR count). The molecule has 1 saturated heterocycles. The van der Waals surface area contributed by atoms with E-state index in [-0.39, 0.29) is 5.91 Å². The Labute approximate surface area is 129 Å². The van der Waals surface area contributed by atoms with Crippen LogP contribution in [0.25, 0.3) is 0 Å². The van der Waals surface area contributed by atoms with E-state index in [1.807, 2.05) is 6.26 Å². The van der Waals surface area contributed by atoms with E-state index >= 15 is 0 Å². The third kappa shape index (κ3) is 3.78. The van der Waals surface area contributed by atoms with Gasteiger partial charge in [0.15, 0.2) is 0 Å². The molecule has 0 aliphatic carbocycles. The van der Waals surface area contributed by atoms with Gasteiger partial charge < -0.3 is 9.64 Å². The molecule has 0 saturated carbocycles. The number of hydrogen-bond donors (Lipinski definition) is 0. The average Bonchev–Trinajstić information content (AvgIpc) is 2.69. The lowest BCUT2D eigenvalue weighted by atomic mass is 10.1. The third-order valence-electron chi connectivity index (χ3n) is 3.52. The predicted molar refractivity (Wildman–Crippen MR) is 82.0 cm³/mol. The summed E-state index contributed by atoms with van der Waals surface area (Å²) in [7, 11) is 2.84. The van der Waals surface area contributed by atoms with Crippen molar-refractivity contribution in [2.45, 2.75) is 31.3 Å². The van der Waals surface area contributed by atoms with Gasteiger partial charge in [0.2, 0.25) is 0 Å². The second-order valence-electron chi connectivity index (χ2n) is 4.80. The number of esters is 1. The number of ether oxygens (including phenoxy) is 1. The lowest BCUT2D eigenvalue weighted by Crippen LogP contribution is -2.46. The summed E-state index contributed by atoms with van der Waals surface area (Å²) in [6, 6.07) is -1.82. The van der Waals surface area contributed by atoms with Crippen molar-refractivity contribution in [1.82, 2.24) is 9.80 Å². The van der Waals surface area contributed by atoms with Gasteiger partial charge in [0.1, 0.15) is 12.1 Å². The summed E-state index contributed by atoms with van der Waals surface area (Å²) in [6.45, 7) is 3.62. The Balaban J connectivity index is 2.96. The Bertz CT molecular complexity index is 427. The maximum atomic E-state index is 12.5. The normalized spacial score (nSPS) is 19.9. The van der Waals surface area contributed by atoms with Crippen LogP contribution in [0.2, 0.25) is 0 Å². The molecule has 0 radical (unpaired) electrons. The molecule has 1 aliphatic heterocycles. The number of allylic oxidation sites excluding steroid dienone is 1. The van der Waals surface area contributed by atoms with Gasteiger partial charge in [-0.25, -0.2) is 14.5 Å². The van der Waals surface area contributed by atoms with Gasteiger partial charge in [-0.3, -0.25) is 4.79 Å². The van der Waals surface area contributed by atoms with Gasteiger partial charge in [0, 0.05) is 7.05 Å². The largest absolute Gasteiger partial charge is 0.467 e. The number of imide groups is 1. The predicted octanol–water partition coefficient (Wildman–Crippen LogP) is 1.51. The monoisotopic (exact) mass is 314 g/mol. The summed E-state index contributed by atoms with van der Waals surface area (Å²) in [5.41, 5.74) is 0. The second-order valence-corrected chi connectivity index (χ2v) is 5.79. The average molecular weight is 314 g/mol. The molecule has 118 valence electrons. The minimum absolute atomic E-state index is 0.333. The first-order chi connectivity index (χ1) is 9.99. The fourth-order valence-electron chi connectivity index (χ4n) is 2.32. The van der Waals surface area contributed by atoms with Crippen molar-refractivity contribution < 1.29 is 19.1 Å². The number of nitrogens with zero attached hydrogens (tertiary/aromatic N) is 2. The van der Waals surface area contributed by atoms with Crippen LogP contribution in [0, 0.1) is 0 Å². The minimum Gasteiger partial charge on any atom is -0.467 e. The summed E-state index contributed by atoms with van der Waals surface area (Å²) in [5, 5.41) is 0. The van der Waals surface area contributed by atoms with Crippen molar-refractivity contribution in [2.24, 2.45) is 0 Å². The molecular weight excluding hydrogens is 292 g/mol. The lowest BCUT2D eigenvalue weighted by molar-refractivity contribution is -0.149. The van der Waals surface area contributed by atoms with Crippen molar-refractivity contribution in [3.05, 3.63) is 12.7 Å². The van der Waals surface area contributed by atoms with E-state index in [2.05, 4.69) is 6.58 Å². The Morgan fingerprint density at radius 1 is 1.52 bits per heavy atom. The molecule has 7 heteroatoms. The van der Waals surface area contributed by atoms with E-state index in [0.29, 0.717) is 25.0 Å². The van der Waals surface area contributed by atoms with Crippen LogP contribution in [0.1, 0.15) is 19.3 Å². The zero-order valence-electron chi connectivity index (χ0n) is 12.7. The first-order valence-electron chi connectivity index (χ1n) is 6.77. The summed E-state index contributed by atoms with van der Waals surface area (Å²) in [4.78, 5) is 39.1. The quantitative estimate of drug-likeness (QED) is 0.386. The topological polar surface area (TPSA) is 66.9 Å². The number of thioether (sulfide) groups is 1. The fourth-order valence-corrected chi connectivity index (χ4v) is 2.78. The van der Waals surface area contributed by atoms with E-state index in [9.17, 15) is 14.4 Å². The first-order valence-corrected chi connectivity index (χ1v) is 8.16. The van der Waals surface area contributed by atoms with Gasteiger partial charge in [-0.1, -0.05) is 6.08 Å². The molecule has 0 bridgehead atoms. The van der Waals surface area contributed by atoms with Crippen LogP contribution in [-0.2, 0) is 14.3 Å². The number of hydrogen-bond acceptors (Lipinski definition) is 5. The highest BCUT2D eigenvalue weighted by Gasteiger charge is 2.47. The highest BCUT2D eigenvalue weighted by atomic mass is 32.2. The van der Waals surface area contributed by atoms with Gasteiger partial charge in [-0.15, -0.1) is 6.58 Å². The van der Waals surface area contributed by atoms with E-state index in [1.54, 1.807) is 24.9 Å². The van der Waals surface area contributed by atoms with Crippen LogP contribution < -0.4 is 0 Å². The van der Waals surface area contributed by atoms with E-state index in [4.69, 9.17) is 4.74 Å². The fraction of sp³-hybridized carbons (Fsp3) is 0.643. The third-order valence-corrected chi connectivity index (χ3v) is 4.17. The van der Waals surface area contributed by atoms with Crippen LogP contribution in [0.4, 0.5) is 4.79 Å². The van der Waals surface area contributed by atoms with Crippen molar-refractivity contribution >= 4 is 29.7 Å². The first kappa shape index (κ1) is 17.6. The molecule has 0 aromatic rings. The molecule has 2 atom stereocenters. The van der Waals surface area contributed by atoms with Crippen LogP contribution in [-0.4, -0.2) is 66.0 Å². The maximum Gasteiger partial charge on any atom is 0.329 e. The number of urea groups is 1. The molecule has 0 spiro atoms. The Kier molecular flexibility index (Phi) is 6.74. The maximum absolute atomic E-state index is 12.5. The lowest BCUT2D eigenvalue weighted by Gasteiger charge is -2.23. The van der Waals surface area contributed by atoms with Gasteiger partial charge >= 0.3 is 12.0 Å². The molecule has 0 N–H and O–H groups in total.